The van der Waals surface area contributed by atoms with E-state index < -0.39 is 0 Å². The number of nitrogens with zero attached hydrogens (tertiary/aromatic N) is 1. The molecule has 0 unspecified atom stereocenters. The van der Waals surface area contributed by atoms with Crippen LogP contribution in [0.15, 0.2) is 78.9 Å². The molecular formula is C29H34N4O3S. The van der Waals surface area contributed by atoms with Crippen LogP contribution in [0.4, 0.5) is 5.69 Å². The Morgan fingerprint density at radius 3 is 2.24 bits per heavy atom. The summed E-state index contributed by atoms with van der Waals surface area (Å²) in [7, 11) is 0. The van der Waals surface area contributed by atoms with Crippen molar-refractivity contribution in [1.29, 1.82) is 0 Å². The topological polar surface area (TPSA) is 82.7 Å². The van der Waals surface area contributed by atoms with Crippen LogP contribution in [0.1, 0.15) is 40.1 Å². The quantitative estimate of drug-likeness (QED) is 0.306. The van der Waals surface area contributed by atoms with Gasteiger partial charge in [0.05, 0.1) is 12.2 Å². The Morgan fingerprint density at radius 1 is 0.865 bits per heavy atom. The SMILES string of the molecule is CCN(CC)CCNC(=O)c1ccc(NC(=S)NC(=O)c2ccccc2OCCc2ccccc2)cc1. The molecule has 0 aliphatic rings. The largest absolute Gasteiger partial charge is 0.492 e. The normalized spacial score (nSPS) is 10.6. The first kappa shape index (κ1) is 27.8. The fourth-order valence-corrected chi connectivity index (χ4v) is 3.92. The highest BCUT2D eigenvalue weighted by Crippen LogP contribution is 2.18. The maximum atomic E-state index is 12.9. The van der Waals surface area contributed by atoms with E-state index in [4.69, 9.17) is 17.0 Å². The molecule has 3 aromatic rings. The van der Waals surface area contributed by atoms with Crippen molar-refractivity contribution < 1.29 is 14.3 Å². The van der Waals surface area contributed by atoms with Crippen LogP contribution in [0.2, 0.25) is 0 Å². The van der Waals surface area contributed by atoms with Crippen molar-refractivity contribution in [2.45, 2.75) is 20.3 Å². The third-order valence-corrected chi connectivity index (χ3v) is 6.07. The van der Waals surface area contributed by atoms with Crippen molar-refractivity contribution in [1.82, 2.24) is 15.5 Å². The molecule has 0 aromatic heterocycles. The van der Waals surface area contributed by atoms with E-state index in [1.165, 1.54) is 0 Å². The van der Waals surface area contributed by atoms with Gasteiger partial charge in [-0.1, -0.05) is 56.3 Å². The van der Waals surface area contributed by atoms with E-state index >= 15 is 0 Å². The number of benzene rings is 3. The van der Waals surface area contributed by atoms with Gasteiger partial charge in [0.1, 0.15) is 5.75 Å². The predicted octanol–water partition coefficient (Wildman–Crippen LogP) is 4.51. The lowest BCUT2D eigenvalue weighted by Crippen LogP contribution is -2.35. The lowest BCUT2D eigenvalue weighted by atomic mass is 10.1. The number of carbonyl (C=O) groups excluding carboxylic acids is 2. The van der Waals surface area contributed by atoms with Gasteiger partial charge in [-0.2, -0.15) is 0 Å². The summed E-state index contributed by atoms with van der Waals surface area (Å²) < 4.78 is 5.89. The minimum Gasteiger partial charge on any atom is -0.492 e. The number of rotatable bonds is 12. The van der Waals surface area contributed by atoms with Gasteiger partial charge in [-0.15, -0.1) is 0 Å². The number of hydrogen-bond donors (Lipinski definition) is 3. The Labute approximate surface area is 224 Å². The van der Waals surface area contributed by atoms with Gasteiger partial charge in [-0.3, -0.25) is 14.9 Å². The third-order valence-electron chi connectivity index (χ3n) is 5.86. The lowest BCUT2D eigenvalue weighted by Gasteiger charge is -2.18. The van der Waals surface area contributed by atoms with E-state index in [2.05, 4.69) is 34.7 Å². The third kappa shape index (κ3) is 9.00. The molecule has 194 valence electrons. The Balaban J connectivity index is 1.49. The zero-order chi connectivity index (χ0) is 26.5. The number of carbonyl (C=O) groups is 2. The summed E-state index contributed by atoms with van der Waals surface area (Å²) in [4.78, 5) is 27.5. The van der Waals surface area contributed by atoms with Gasteiger partial charge in [0.25, 0.3) is 11.8 Å². The van der Waals surface area contributed by atoms with Crippen molar-refractivity contribution in [2.75, 3.05) is 38.1 Å². The number of nitrogens with one attached hydrogen (secondary N) is 3. The number of thiocarbonyl (C=S) groups is 1. The Bertz CT molecular complexity index is 1170. The number of ether oxygens (including phenoxy) is 1. The minimum absolute atomic E-state index is 0.126. The molecule has 2 amide bonds. The van der Waals surface area contributed by atoms with Crippen molar-refractivity contribution in [3.05, 3.63) is 95.6 Å². The van der Waals surface area contributed by atoms with Crippen molar-refractivity contribution in [3.63, 3.8) is 0 Å². The molecule has 0 saturated carbocycles. The van der Waals surface area contributed by atoms with E-state index in [0.717, 1.165) is 31.6 Å². The summed E-state index contributed by atoms with van der Waals surface area (Å²) in [5, 5.41) is 8.77. The molecule has 0 radical (unpaired) electrons. The monoisotopic (exact) mass is 518 g/mol. The van der Waals surface area contributed by atoms with Crippen LogP contribution in [-0.4, -0.2) is 54.6 Å². The number of amides is 2. The molecule has 0 aliphatic heterocycles. The van der Waals surface area contributed by atoms with Crippen LogP contribution in [0, 0.1) is 0 Å². The maximum absolute atomic E-state index is 12.9. The molecule has 3 rings (SSSR count). The first-order valence-corrected chi connectivity index (χ1v) is 12.9. The standard InChI is InChI=1S/C29H34N4O3S/c1-3-33(4-2)20-19-30-27(34)23-14-16-24(17-15-23)31-29(37)32-28(35)25-12-8-9-13-26(25)36-21-18-22-10-6-5-7-11-22/h5-17H,3-4,18-21H2,1-2H3,(H,30,34)(H2,31,32,35,37). The minimum atomic E-state index is -0.364. The van der Waals surface area contributed by atoms with Gasteiger partial charge < -0.3 is 20.3 Å². The summed E-state index contributed by atoms with van der Waals surface area (Å²) in [5.41, 5.74) is 2.79. The van der Waals surface area contributed by atoms with E-state index in [1.807, 2.05) is 36.4 Å². The van der Waals surface area contributed by atoms with Crippen molar-refractivity contribution >= 4 is 34.8 Å². The molecule has 0 saturated heterocycles. The summed E-state index contributed by atoms with van der Waals surface area (Å²) >= 11 is 5.33. The molecule has 0 bridgehead atoms. The molecule has 0 heterocycles. The smallest absolute Gasteiger partial charge is 0.261 e. The average molecular weight is 519 g/mol. The Kier molecular flexibility index (Phi) is 11.1. The van der Waals surface area contributed by atoms with Crippen LogP contribution >= 0.6 is 12.2 Å². The fourth-order valence-electron chi connectivity index (χ4n) is 3.71. The molecular weight excluding hydrogens is 484 g/mol. The number of para-hydroxylation sites is 1. The van der Waals surface area contributed by atoms with E-state index in [0.29, 0.717) is 35.7 Å². The van der Waals surface area contributed by atoms with Gasteiger partial charge in [-0.25, -0.2) is 0 Å². The highest BCUT2D eigenvalue weighted by Gasteiger charge is 2.14. The van der Waals surface area contributed by atoms with Gasteiger partial charge in [-0.05, 0) is 67.3 Å². The lowest BCUT2D eigenvalue weighted by molar-refractivity contribution is 0.0946. The van der Waals surface area contributed by atoms with E-state index in [-0.39, 0.29) is 16.9 Å². The molecule has 3 aromatic carbocycles. The first-order valence-electron chi connectivity index (χ1n) is 12.5. The molecule has 0 spiro atoms. The van der Waals surface area contributed by atoms with Gasteiger partial charge in [0.2, 0.25) is 0 Å². The zero-order valence-corrected chi connectivity index (χ0v) is 22.1. The number of likely N-dealkylation sites (N-methyl/N-ethyl adjacent to an activating group) is 1. The second-order valence-electron chi connectivity index (χ2n) is 8.35. The molecule has 8 heteroatoms. The van der Waals surface area contributed by atoms with E-state index in [1.54, 1.807) is 42.5 Å². The summed E-state index contributed by atoms with van der Waals surface area (Å²) in [6.45, 7) is 7.97. The first-order chi connectivity index (χ1) is 18.0. The van der Waals surface area contributed by atoms with Crippen molar-refractivity contribution in [3.8, 4) is 5.75 Å². The molecule has 0 aliphatic carbocycles. The van der Waals surface area contributed by atoms with Gasteiger partial charge in [0, 0.05) is 30.8 Å². The second-order valence-corrected chi connectivity index (χ2v) is 8.76. The molecule has 0 atom stereocenters. The van der Waals surface area contributed by atoms with Crippen LogP contribution < -0.4 is 20.7 Å². The van der Waals surface area contributed by atoms with Crippen molar-refractivity contribution in [2.24, 2.45) is 0 Å². The zero-order valence-electron chi connectivity index (χ0n) is 21.3. The molecule has 0 fully saturated rings. The van der Waals surface area contributed by atoms with E-state index in [9.17, 15) is 9.59 Å². The predicted molar refractivity (Wildman–Crippen MR) is 152 cm³/mol. The summed E-state index contributed by atoms with van der Waals surface area (Å²) in [6.07, 6.45) is 0.737. The van der Waals surface area contributed by atoms with Gasteiger partial charge >= 0.3 is 0 Å². The second kappa shape index (κ2) is 14.7. The highest BCUT2D eigenvalue weighted by atomic mass is 32.1. The number of anilines is 1. The van der Waals surface area contributed by atoms with Crippen LogP contribution in [0.3, 0.4) is 0 Å². The number of hydrogen-bond acceptors (Lipinski definition) is 5. The molecule has 37 heavy (non-hydrogen) atoms. The highest BCUT2D eigenvalue weighted by molar-refractivity contribution is 7.80. The Hall–Kier alpha value is -3.75. The molecule has 7 nitrogen and oxygen atoms in total. The Morgan fingerprint density at radius 2 is 1.54 bits per heavy atom. The van der Waals surface area contributed by atoms with Crippen LogP contribution in [-0.2, 0) is 6.42 Å². The maximum Gasteiger partial charge on any atom is 0.261 e. The average Bonchev–Trinajstić information content (AvgIpc) is 2.92. The fraction of sp³-hybridized carbons (Fsp3) is 0.276. The molecule has 3 N–H and O–H groups in total. The van der Waals surface area contributed by atoms with Gasteiger partial charge in [0.15, 0.2) is 5.11 Å². The summed E-state index contributed by atoms with van der Waals surface area (Å²) in [5.74, 6) is 0.00515. The summed E-state index contributed by atoms with van der Waals surface area (Å²) in [6, 6.07) is 24.0. The van der Waals surface area contributed by atoms with Crippen LogP contribution in [0.25, 0.3) is 0 Å². The van der Waals surface area contributed by atoms with Crippen LogP contribution in [0.5, 0.6) is 5.75 Å².